The first-order valence-corrected chi connectivity index (χ1v) is 7.68. The predicted octanol–water partition coefficient (Wildman–Crippen LogP) is 5.28. The summed E-state index contributed by atoms with van der Waals surface area (Å²) in [6.45, 7) is 0. The van der Waals surface area contributed by atoms with Crippen LogP contribution in [-0.4, -0.2) is 20.2 Å². The van der Waals surface area contributed by atoms with Gasteiger partial charge >= 0.3 is 5.97 Å². The van der Waals surface area contributed by atoms with Crippen molar-refractivity contribution in [1.82, 2.24) is 0 Å². The quantitative estimate of drug-likeness (QED) is 0.637. The zero-order chi connectivity index (χ0) is 17.3. The van der Waals surface area contributed by atoms with Crippen LogP contribution in [0.3, 0.4) is 0 Å². The Morgan fingerprint density at radius 3 is 2.67 bits per heavy atom. The highest BCUT2D eigenvalue weighted by Crippen LogP contribution is 2.36. The molecule has 0 aliphatic heterocycles. The number of esters is 1. The number of carbonyl (C=O) groups is 1. The summed E-state index contributed by atoms with van der Waals surface area (Å²) in [5.74, 6) is -0.0681. The molecule has 0 saturated heterocycles. The zero-order valence-electron chi connectivity index (χ0n) is 12.9. The van der Waals surface area contributed by atoms with Gasteiger partial charge in [0.15, 0.2) is 5.58 Å². The second kappa shape index (κ2) is 6.63. The smallest absolute Gasteiger partial charge is 0.341 e. The number of hydrogen-bond acceptors (Lipinski definition) is 5. The topological polar surface area (TPSA) is 60.7 Å². The highest BCUT2D eigenvalue weighted by Gasteiger charge is 2.15. The molecule has 0 spiro atoms. The Balaban J connectivity index is 1.98. The van der Waals surface area contributed by atoms with E-state index in [4.69, 9.17) is 37.1 Å². The Morgan fingerprint density at radius 1 is 1.17 bits per heavy atom. The van der Waals surface area contributed by atoms with E-state index in [0.717, 1.165) is 5.39 Å². The number of hydrogen-bond donors (Lipinski definition) is 1. The van der Waals surface area contributed by atoms with Gasteiger partial charge in [-0.15, -0.1) is 0 Å². The molecule has 0 fully saturated rings. The van der Waals surface area contributed by atoms with Crippen molar-refractivity contribution in [2.24, 2.45) is 0 Å². The van der Waals surface area contributed by atoms with Gasteiger partial charge in [0.2, 0.25) is 0 Å². The van der Waals surface area contributed by atoms with E-state index in [-0.39, 0.29) is 0 Å². The largest absolute Gasteiger partial charge is 0.496 e. The molecule has 0 aliphatic rings. The second-order valence-electron chi connectivity index (χ2n) is 4.95. The average Bonchev–Trinajstić information content (AvgIpc) is 2.97. The molecule has 0 atom stereocenters. The SMILES string of the molecule is COC(=O)c1ccc(Nc2coc3c(Cl)cc(Cl)cc23)cc1OC. The van der Waals surface area contributed by atoms with Gasteiger partial charge in [-0.05, 0) is 24.3 Å². The highest BCUT2D eigenvalue weighted by molar-refractivity contribution is 6.38. The standard InChI is InChI=1S/C17H13Cl2NO4/c1-22-15-7-10(3-4-11(15)17(21)23-2)20-14-8-24-16-12(14)5-9(18)6-13(16)19/h3-8,20H,1-2H3. The monoisotopic (exact) mass is 365 g/mol. The van der Waals surface area contributed by atoms with Crippen molar-refractivity contribution >= 4 is 51.5 Å². The molecule has 124 valence electrons. The summed E-state index contributed by atoms with van der Waals surface area (Å²) in [5.41, 5.74) is 2.29. The Kier molecular flexibility index (Phi) is 4.55. The number of rotatable bonds is 4. The van der Waals surface area contributed by atoms with Crippen molar-refractivity contribution in [2.45, 2.75) is 0 Å². The lowest BCUT2D eigenvalue weighted by molar-refractivity contribution is 0.0597. The van der Waals surface area contributed by atoms with Crippen molar-refractivity contribution in [2.75, 3.05) is 19.5 Å². The Labute approximate surface area is 148 Å². The number of halogens is 2. The van der Waals surface area contributed by atoms with Crippen molar-refractivity contribution in [3.63, 3.8) is 0 Å². The van der Waals surface area contributed by atoms with Crippen LogP contribution in [0.25, 0.3) is 11.0 Å². The van der Waals surface area contributed by atoms with Crippen LogP contribution in [0.15, 0.2) is 41.0 Å². The molecule has 1 aromatic heterocycles. The van der Waals surface area contributed by atoms with Crippen LogP contribution >= 0.6 is 23.2 Å². The summed E-state index contributed by atoms with van der Waals surface area (Å²) in [6, 6.07) is 8.42. The summed E-state index contributed by atoms with van der Waals surface area (Å²) in [5, 5.41) is 4.89. The van der Waals surface area contributed by atoms with Gasteiger partial charge in [-0.2, -0.15) is 0 Å². The minimum atomic E-state index is -0.467. The fourth-order valence-electron chi connectivity index (χ4n) is 2.36. The second-order valence-corrected chi connectivity index (χ2v) is 5.79. The molecular formula is C17H13Cl2NO4. The third-order valence-corrected chi connectivity index (χ3v) is 3.98. The lowest BCUT2D eigenvalue weighted by Gasteiger charge is -2.10. The molecule has 1 N–H and O–H groups in total. The van der Waals surface area contributed by atoms with Crippen molar-refractivity contribution in [3.8, 4) is 5.75 Å². The molecule has 0 amide bonds. The Hall–Kier alpha value is -2.37. The summed E-state index contributed by atoms with van der Waals surface area (Å²) in [4.78, 5) is 11.7. The lowest BCUT2D eigenvalue weighted by atomic mass is 10.1. The van der Waals surface area contributed by atoms with E-state index < -0.39 is 5.97 Å². The number of nitrogens with one attached hydrogen (secondary N) is 1. The first-order valence-electron chi connectivity index (χ1n) is 6.93. The van der Waals surface area contributed by atoms with Crippen LogP contribution in [0.5, 0.6) is 5.75 Å². The number of carbonyl (C=O) groups excluding carboxylic acids is 1. The van der Waals surface area contributed by atoms with Crippen LogP contribution in [-0.2, 0) is 4.74 Å². The van der Waals surface area contributed by atoms with Gasteiger partial charge < -0.3 is 19.2 Å². The number of methoxy groups -OCH3 is 2. The van der Waals surface area contributed by atoms with Crippen LogP contribution in [0.1, 0.15) is 10.4 Å². The number of benzene rings is 2. The first kappa shape index (κ1) is 16.5. The van der Waals surface area contributed by atoms with Gasteiger partial charge in [0.05, 0.1) is 24.9 Å². The molecule has 0 aliphatic carbocycles. The Bertz CT molecular complexity index is 920. The summed E-state index contributed by atoms with van der Waals surface area (Å²) in [7, 11) is 2.80. The molecule has 0 radical (unpaired) electrons. The first-order chi connectivity index (χ1) is 11.5. The lowest BCUT2D eigenvalue weighted by Crippen LogP contribution is -2.04. The third-order valence-electron chi connectivity index (χ3n) is 3.48. The molecule has 1 heterocycles. The van der Waals surface area contributed by atoms with Gasteiger partial charge in [0, 0.05) is 22.2 Å². The molecule has 2 aromatic carbocycles. The van der Waals surface area contributed by atoms with E-state index in [0.29, 0.717) is 38.3 Å². The van der Waals surface area contributed by atoms with E-state index in [1.54, 1.807) is 36.6 Å². The van der Waals surface area contributed by atoms with Gasteiger partial charge in [-0.25, -0.2) is 4.79 Å². The summed E-state index contributed by atoms with van der Waals surface area (Å²) < 4.78 is 15.5. The predicted molar refractivity (Wildman–Crippen MR) is 93.9 cm³/mol. The molecular weight excluding hydrogens is 353 g/mol. The minimum Gasteiger partial charge on any atom is -0.496 e. The van der Waals surface area contributed by atoms with Gasteiger partial charge in [-0.1, -0.05) is 23.2 Å². The zero-order valence-corrected chi connectivity index (χ0v) is 14.4. The number of ether oxygens (including phenoxy) is 2. The maximum absolute atomic E-state index is 11.7. The van der Waals surface area contributed by atoms with Gasteiger partial charge in [0.1, 0.15) is 17.6 Å². The average molecular weight is 366 g/mol. The molecule has 0 saturated carbocycles. The summed E-state index contributed by atoms with van der Waals surface area (Å²) >= 11 is 12.2. The Morgan fingerprint density at radius 2 is 1.96 bits per heavy atom. The number of anilines is 2. The minimum absolute atomic E-state index is 0.341. The summed E-state index contributed by atoms with van der Waals surface area (Å²) in [6.07, 6.45) is 1.55. The van der Waals surface area contributed by atoms with Crippen LogP contribution in [0.2, 0.25) is 10.0 Å². The van der Waals surface area contributed by atoms with E-state index >= 15 is 0 Å². The normalized spacial score (nSPS) is 10.7. The molecule has 7 heteroatoms. The van der Waals surface area contributed by atoms with Crippen molar-refractivity contribution in [3.05, 3.63) is 52.2 Å². The van der Waals surface area contributed by atoms with E-state index in [1.807, 2.05) is 0 Å². The molecule has 3 aromatic rings. The van der Waals surface area contributed by atoms with Crippen LogP contribution in [0.4, 0.5) is 11.4 Å². The van der Waals surface area contributed by atoms with Crippen molar-refractivity contribution in [1.29, 1.82) is 0 Å². The molecule has 0 unspecified atom stereocenters. The maximum atomic E-state index is 11.7. The maximum Gasteiger partial charge on any atom is 0.341 e. The fourth-order valence-corrected chi connectivity index (χ4v) is 2.90. The van der Waals surface area contributed by atoms with Gasteiger partial charge in [-0.3, -0.25) is 0 Å². The van der Waals surface area contributed by atoms with E-state index in [1.165, 1.54) is 14.2 Å². The van der Waals surface area contributed by atoms with Crippen molar-refractivity contribution < 1.29 is 18.7 Å². The molecule has 3 rings (SSSR count). The van der Waals surface area contributed by atoms with Crippen LogP contribution in [0, 0.1) is 0 Å². The molecule has 5 nitrogen and oxygen atoms in total. The van der Waals surface area contributed by atoms with Crippen LogP contribution < -0.4 is 10.1 Å². The number of furan rings is 1. The molecule has 24 heavy (non-hydrogen) atoms. The molecule has 0 bridgehead atoms. The van der Waals surface area contributed by atoms with E-state index in [9.17, 15) is 4.79 Å². The van der Waals surface area contributed by atoms with Gasteiger partial charge in [0.25, 0.3) is 0 Å². The third kappa shape index (κ3) is 3.00. The van der Waals surface area contributed by atoms with E-state index in [2.05, 4.69) is 5.32 Å². The highest BCUT2D eigenvalue weighted by atomic mass is 35.5. The fraction of sp³-hybridized carbons (Fsp3) is 0.118. The number of fused-ring (bicyclic) bond motifs is 1.